The Hall–Kier alpha value is -1.02. The highest BCUT2D eigenvalue weighted by atomic mass is 14.9. The summed E-state index contributed by atoms with van der Waals surface area (Å²) in [5.74, 6) is 0.665. The average molecular weight is 218 g/mol. The lowest BCUT2D eigenvalue weighted by Gasteiger charge is -2.28. The zero-order valence-electron chi connectivity index (χ0n) is 10.5. The summed E-state index contributed by atoms with van der Waals surface area (Å²) in [5, 5.41) is 7.03. The summed E-state index contributed by atoms with van der Waals surface area (Å²) < 4.78 is 0. The SMILES string of the molecule is Cc1ccc2c(c1)C(CNC(C)C)CCN2. The van der Waals surface area contributed by atoms with Gasteiger partial charge < -0.3 is 10.6 Å². The van der Waals surface area contributed by atoms with E-state index in [4.69, 9.17) is 0 Å². The van der Waals surface area contributed by atoms with Gasteiger partial charge in [-0.05, 0) is 25.0 Å². The van der Waals surface area contributed by atoms with Crippen LogP contribution in [0.2, 0.25) is 0 Å². The second kappa shape index (κ2) is 4.88. The third-order valence-electron chi connectivity index (χ3n) is 3.23. The van der Waals surface area contributed by atoms with Crippen molar-refractivity contribution in [1.82, 2.24) is 5.32 Å². The minimum Gasteiger partial charge on any atom is -0.385 e. The summed E-state index contributed by atoms with van der Waals surface area (Å²) in [6.07, 6.45) is 1.23. The van der Waals surface area contributed by atoms with E-state index in [0.717, 1.165) is 13.1 Å². The van der Waals surface area contributed by atoms with Crippen molar-refractivity contribution in [3.05, 3.63) is 29.3 Å². The van der Waals surface area contributed by atoms with Crippen molar-refractivity contribution in [2.24, 2.45) is 0 Å². The molecular weight excluding hydrogens is 196 g/mol. The van der Waals surface area contributed by atoms with Gasteiger partial charge in [-0.15, -0.1) is 0 Å². The van der Waals surface area contributed by atoms with Gasteiger partial charge in [-0.1, -0.05) is 31.5 Å². The van der Waals surface area contributed by atoms with Crippen LogP contribution in [-0.4, -0.2) is 19.1 Å². The lowest BCUT2D eigenvalue weighted by atomic mass is 9.89. The van der Waals surface area contributed by atoms with Crippen LogP contribution >= 0.6 is 0 Å². The average Bonchev–Trinajstić information content (AvgIpc) is 2.26. The maximum Gasteiger partial charge on any atom is 0.0376 e. The fraction of sp³-hybridized carbons (Fsp3) is 0.571. The van der Waals surface area contributed by atoms with Gasteiger partial charge >= 0.3 is 0 Å². The van der Waals surface area contributed by atoms with E-state index in [1.54, 1.807) is 0 Å². The molecule has 2 rings (SSSR count). The van der Waals surface area contributed by atoms with Crippen LogP contribution in [0, 0.1) is 6.92 Å². The molecule has 0 spiro atoms. The van der Waals surface area contributed by atoms with E-state index >= 15 is 0 Å². The molecule has 1 aliphatic heterocycles. The molecule has 2 nitrogen and oxygen atoms in total. The van der Waals surface area contributed by atoms with Crippen LogP contribution in [0.5, 0.6) is 0 Å². The van der Waals surface area contributed by atoms with E-state index in [1.165, 1.54) is 23.2 Å². The van der Waals surface area contributed by atoms with E-state index in [0.29, 0.717) is 12.0 Å². The largest absolute Gasteiger partial charge is 0.385 e. The number of fused-ring (bicyclic) bond motifs is 1. The van der Waals surface area contributed by atoms with Crippen molar-refractivity contribution < 1.29 is 0 Å². The van der Waals surface area contributed by atoms with Gasteiger partial charge in [0.25, 0.3) is 0 Å². The van der Waals surface area contributed by atoms with Crippen LogP contribution < -0.4 is 10.6 Å². The van der Waals surface area contributed by atoms with Crippen molar-refractivity contribution in [3.63, 3.8) is 0 Å². The first-order chi connectivity index (χ1) is 7.66. The van der Waals surface area contributed by atoms with Crippen molar-refractivity contribution in [2.75, 3.05) is 18.4 Å². The number of aryl methyl sites for hydroxylation is 1. The maximum atomic E-state index is 3.55. The van der Waals surface area contributed by atoms with Crippen LogP contribution in [0.4, 0.5) is 5.69 Å². The van der Waals surface area contributed by atoms with Gasteiger partial charge in [0.15, 0.2) is 0 Å². The second-order valence-electron chi connectivity index (χ2n) is 5.07. The minimum atomic E-state index is 0.572. The quantitative estimate of drug-likeness (QED) is 0.815. The molecule has 0 aliphatic carbocycles. The molecule has 1 atom stereocenters. The summed E-state index contributed by atoms with van der Waals surface area (Å²) in [6.45, 7) is 8.77. The van der Waals surface area contributed by atoms with E-state index < -0.39 is 0 Å². The molecule has 1 aliphatic rings. The number of hydrogen-bond acceptors (Lipinski definition) is 2. The number of hydrogen-bond donors (Lipinski definition) is 2. The number of benzene rings is 1. The Balaban J connectivity index is 2.15. The highest BCUT2D eigenvalue weighted by molar-refractivity contribution is 5.56. The summed E-state index contributed by atoms with van der Waals surface area (Å²) in [6, 6.07) is 7.30. The van der Waals surface area contributed by atoms with Gasteiger partial charge in [0.1, 0.15) is 0 Å². The summed E-state index contributed by atoms with van der Waals surface area (Å²) in [7, 11) is 0. The van der Waals surface area contributed by atoms with E-state index in [9.17, 15) is 0 Å². The molecule has 0 aromatic heterocycles. The molecule has 0 bridgehead atoms. The molecule has 0 amide bonds. The first-order valence-corrected chi connectivity index (χ1v) is 6.24. The first-order valence-electron chi connectivity index (χ1n) is 6.24. The Labute approximate surface area is 98.4 Å². The minimum absolute atomic E-state index is 0.572. The normalized spacial score (nSPS) is 19.4. The van der Waals surface area contributed by atoms with E-state index in [2.05, 4.69) is 49.6 Å². The number of rotatable bonds is 3. The maximum absolute atomic E-state index is 3.55. The predicted octanol–water partition coefficient (Wildman–Crippen LogP) is 2.89. The summed E-state index contributed by atoms with van der Waals surface area (Å²) >= 11 is 0. The standard InChI is InChI=1S/C14H22N2/c1-10(2)16-9-12-6-7-15-14-5-4-11(3)8-13(12)14/h4-5,8,10,12,15-16H,6-7,9H2,1-3H3. The first kappa shape index (κ1) is 11.5. The summed E-state index contributed by atoms with van der Waals surface area (Å²) in [4.78, 5) is 0. The number of nitrogens with one attached hydrogen (secondary N) is 2. The molecule has 2 N–H and O–H groups in total. The monoisotopic (exact) mass is 218 g/mol. The Bertz CT molecular complexity index is 358. The molecule has 1 unspecified atom stereocenters. The van der Waals surface area contributed by atoms with Gasteiger partial charge in [0.05, 0.1) is 0 Å². The molecule has 2 heteroatoms. The van der Waals surface area contributed by atoms with Gasteiger partial charge in [0.2, 0.25) is 0 Å². The molecule has 1 aromatic carbocycles. The van der Waals surface area contributed by atoms with Crippen LogP contribution in [0.3, 0.4) is 0 Å². The van der Waals surface area contributed by atoms with E-state index in [-0.39, 0.29) is 0 Å². The van der Waals surface area contributed by atoms with Gasteiger partial charge in [0, 0.05) is 30.7 Å². The van der Waals surface area contributed by atoms with Crippen LogP contribution in [-0.2, 0) is 0 Å². The zero-order valence-corrected chi connectivity index (χ0v) is 10.5. The smallest absolute Gasteiger partial charge is 0.0376 e. The molecular formula is C14H22N2. The highest BCUT2D eigenvalue weighted by Crippen LogP contribution is 2.31. The Kier molecular flexibility index (Phi) is 3.49. The second-order valence-corrected chi connectivity index (χ2v) is 5.07. The van der Waals surface area contributed by atoms with Crippen molar-refractivity contribution in [2.45, 2.75) is 39.2 Å². The lowest BCUT2D eigenvalue weighted by molar-refractivity contribution is 0.509. The Morgan fingerprint density at radius 2 is 2.25 bits per heavy atom. The topological polar surface area (TPSA) is 24.1 Å². The Morgan fingerprint density at radius 1 is 1.44 bits per heavy atom. The van der Waals surface area contributed by atoms with Crippen LogP contribution in [0.25, 0.3) is 0 Å². The third-order valence-corrected chi connectivity index (χ3v) is 3.23. The summed E-state index contributed by atoms with van der Waals surface area (Å²) in [5.41, 5.74) is 4.17. The van der Waals surface area contributed by atoms with Crippen molar-refractivity contribution in [1.29, 1.82) is 0 Å². The van der Waals surface area contributed by atoms with Crippen LogP contribution in [0.1, 0.15) is 37.3 Å². The molecule has 0 fully saturated rings. The molecule has 16 heavy (non-hydrogen) atoms. The van der Waals surface area contributed by atoms with Crippen LogP contribution in [0.15, 0.2) is 18.2 Å². The van der Waals surface area contributed by atoms with Crippen molar-refractivity contribution in [3.8, 4) is 0 Å². The van der Waals surface area contributed by atoms with Gasteiger partial charge in [-0.3, -0.25) is 0 Å². The van der Waals surface area contributed by atoms with Gasteiger partial charge in [-0.2, -0.15) is 0 Å². The number of anilines is 1. The third kappa shape index (κ3) is 2.56. The van der Waals surface area contributed by atoms with E-state index in [1.807, 2.05) is 0 Å². The predicted molar refractivity (Wildman–Crippen MR) is 70.2 cm³/mol. The Morgan fingerprint density at radius 3 is 3.00 bits per heavy atom. The fourth-order valence-electron chi connectivity index (χ4n) is 2.31. The molecule has 1 aromatic rings. The molecule has 0 saturated carbocycles. The zero-order chi connectivity index (χ0) is 11.5. The highest BCUT2D eigenvalue weighted by Gasteiger charge is 2.19. The molecule has 0 saturated heterocycles. The van der Waals surface area contributed by atoms with Gasteiger partial charge in [-0.25, -0.2) is 0 Å². The molecule has 1 heterocycles. The molecule has 88 valence electrons. The lowest BCUT2D eigenvalue weighted by Crippen LogP contribution is -2.31. The molecule has 0 radical (unpaired) electrons. The van der Waals surface area contributed by atoms with Crippen molar-refractivity contribution >= 4 is 5.69 Å². The fourth-order valence-corrected chi connectivity index (χ4v) is 2.31.